The summed E-state index contributed by atoms with van der Waals surface area (Å²) < 4.78 is 1.06. The largest absolute Gasteiger partial charge is 0.325 e. The van der Waals surface area contributed by atoms with Crippen molar-refractivity contribution in [1.29, 1.82) is 0 Å². The number of carbonyl (C=O) groups excluding carboxylic acids is 1. The first-order valence-electron chi connectivity index (χ1n) is 5.68. The lowest BCUT2D eigenvalue weighted by molar-refractivity contribution is 0.200. The van der Waals surface area contributed by atoms with Crippen molar-refractivity contribution in [1.82, 2.24) is 4.90 Å². The molecule has 2 amide bonds. The Hall–Kier alpha value is -0.490. The maximum atomic E-state index is 12.0. The van der Waals surface area contributed by atoms with E-state index in [1.165, 1.54) is 6.42 Å². The number of nitrogens with one attached hydrogen (secondary N) is 1. The molecule has 1 aliphatic heterocycles. The molecule has 1 saturated heterocycles. The monoisotopic (exact) mass is 364 g/mol. The van der Waals surface area contributed by atoms with Gasteiger partial charge in [0, 0.05) is 16.7 Å². The summed E-state index contributed by atoms with van der Waals surface area (Å²) in [7, 11) is 0. The van der Waals surface area contributed by atoms with Gasteiger partial charge in [0.1, 0.15) is 0 Å². The first kappa shape index (κ1) is 13.0. The average molecular weight is 365 g/mol. The van der Waals surface area contributed by atoms with Crippen LogP contribution in [-0.2, 0) is 0 Å². The van der Waals surface area contributed by atoms with E-state index in [0.717, 1.165) is 29.5 Å². The molecule has 1 N–H and O–H groups in total. The Morgan fingerprint density at radius 1 is 1.29 bits per heavy atom. The number of halogens is 2. The maximum Gasteiger partial charge on any atom is 0.321 e. The second-order valence-electron chi connectivity index (χ2n) is 4.10. The normalized spacial score (nSPS) is 15.8. The predicted octanol–water partition coefficient (Wildman–Crippen LogP) is 3.96. The van der Waals surface area contributed by atoms with E-state index in [1.54, 1.807) is 0 Å². The van der Waals surface area contributed by atoms with Crippen LogP contribution in [0.4, 0.5) is 10.5 Å². The van der Waals surface area contributed by atoms with E-state index in [-0.39, 0.29) is 6.03 Å². The molecule has 5 heteroatoms. The third-order valence-corrected chi connectivity index (χ3v) is 3.80. The number of nitrogens with zero attached hydrogens (tertiary/aromatic N) is 1. The van der Waals surface area contributed by atoms with Gasteiger partial charge in [-0.05, 0) is 60.1 Å². The minimum Gasteiger partial charge on any atom is -0.325 e. The van der Waals surface area contributed by atoms with Crippen LogP contribution in [0.3, 0.4) is 0 Å². The molecule has 0 saturated carbocycles. The van der Waals surface area contributed by atoms with Gasteiger partial charge in [-0.2, -0.15) is 0 Å². The average Bonchev–Trinajstić information content (AvgIpc) is 2.34. The van der Waals surface area contributed by atoms with Crippen LogP contribution in [0.15, 0.2) is 18.2 Å². The van der Waals surface area contributed by atoms with Gasteiger partial charge in [-0.1, -0.05) is 11.6 Å². The summed E-state index contributed by atoms with van der Waals surface area (Å²) in [4.78, 5) is 13.8. The number of piperidine rings is 1. The number of likely N-dealkylation sites (tertiary alicyclic amines) is 1. The molecule has 17 heavy (non-hydrogen) atoms. The number of benzene rings is 1. The second-order valence-corrected chi connectivity index (χ2v) is 5.75. The number of carbonyl (C=O) groups is 1. The minimum absolute atomic E-state index is 0.0483. The third-order valence-electron chi connectivity index (χ3n) is 2.82. The molecule has 1 fully saturated rings. The van der Waals surface area contributed by atoms with Crippen molar-refractivity contribution in [3.8, 4) is 0 Å². The maximum absolute atomic E-state index is 12.0. The number of amides is 2. The number of urea groups is 1. The predicted molar refractivity (Wildman–Crippen MR) is 78.6 cm³/mol. The zero-order valence-electron chi connectivity index (χ0n) is 9.38. The Balaban J connectivity index is 2.02. The van der Waals surface area contributed by atoms with Gasteiger partial charge in [0.15, 0.2) is 0 Å². The van der Waals surface area contributed by atoms with Crippen LogP contribution in [-0.4, -0.2) is 24.0 Å². The highest BCUT2D eigenvalue weighted by atomic mass is 127. The van der Waals surface area contributed by atoms with E-state index < -0.39 is 0 Å². The van der Waals surface area contributed by atoms with E-state index in [9.17, 15) is 4.79 Å². The van der Waals surface area contributed by atoms with Crippen LogP contribution in [0, 0.1) is 3.57 Å². The van der Waals surface area contributed by atoms with Crippen molar-refractivity contribution in [3.05, 3.63) is 26.8 Å². The molecular formula is C12H14ClIN2O. The second kappa shape index (κ2) is 5.91. The number of anilines is 1. The summed E-state index contributed by atoms with van der Waals surface area (Å²) in [5.41, 5.74) is 0.683. The molecule has 2 rings (SSSR count). The molecule has 0 aliphatic carbocycles. The van der Waals surface area contributed by atoms with Crippen molar-refractivity contribution in [3.63, 3.8) is 0 Å². The molecular weight excluding hydrogens is 351 g/mol. The van der Waals surface area contributed by atoms with E-state index >= 15 is 0 Å². The highest BCUT2D eigenvalue weighted by molar-refractivity contribution is 14.1. The van der Waals surface area contributed by atoms with E-state index in [0.29, 0.717) is 10.7 Å². The SMILES string of the molecule is O=C(Nc1ccc(I)cc1Cl)N1CCCCC1. The molecule has 0 atom stereocenters. The summed E-state index contributed by atoms with van der Waals surface area (Å²) in [5.74, 6) is 0. The lowest BCUT2D eigenvalue weighted by Gasteiger charge is -2.27. The minimum atomic E-state index is -0.0483. The Kier molecular flexibility index (Phi) is 4.50. The molecule has 0 spiro atoms. The number of hydrogen-bond donors (Lipinski definition) is 1. The molecule has 0 bridgehead atoms. The molecule has 1 aromatic rings. The topological polar surface area (TPSA) is 32.3 Å². The Labute approximate surface area is 120 Å². The molecule has 3 nitrogen and oxygen atoms in total. The van der Waals surface area contributed by atoms with Gasteiger partial charge in [-0.3, -0.25) is 0 Å². The number of rotatable bonds is 1. The Morgan fingerprint density at radius 3 is 2.65 bits per heavy atom. The summed E-state index contributed by atoms with van der Waals surface area (Å²) >= 11 is 8.27. The van der Waals surface area contributed by atoms with Crippen molar-refractivity contribution >= 4 is 45.9 Å². The summed E-state index contributed by atoms with van der Waals surface area (Å²) in [6, 6.07) is 5.56. The van der Waals surface area contributed by atoms with Crippen molar-refractivity contribution in [2.24, 2.45) is 0 Å². The quantitative estimate of drug-likeness (QED) is 0.752. The van der Waals surface area contributed by atoms with Crippen LogP contribution in [0.1, 0.15) is 19.3 Å². The van der Waals surface area contributed by atoms with Crippen molar-refractivity contribution in [2.75, 3.05) is 18.4 Å². The smallest absolute Gasteiger partial charge is 0.321 e. The first-order chi connectivity index (χ1) is 8.16. The van der Waals surface area contributed by atoms with Gasteiger partial charge in [-0.15, -0.1) is 0 Å². The Bertz CT molecular complexity index is 419. The highest BCUT2D eigenvalue weighted by Gasteiger charge is 2.17. The molecule has 0 radical (unpaired) electrons. The first-order valence-corrected chi connectivity index (χ1v) is 7.13. The van der Waals surface area contributed by atoms with Crippen LogP contribution < -0.4 is 5.32 Å². The van der Waals surface area contributed by atoms with Gasteiger partial charge >= 0.3 is 6.03 Å². The van der Waals surface area contributed by atoms with Gasteiger partial charge in [0.2, 0.25) is 0 Å². The zero-order valence-corrected chi connectivity index (χ0v) is 12.3. The van der Waals surface area contributed by atoms with E-state index in [4.69, 9.17) is 11.6 Å². The van der Waals surface area contributed by atoms with Crippen LogP contribution in [0.25, 0.3) is 0 Å². The fourth-order valence-electron chi connectivity index (χ4n) is 1.88. The van der Waals surface area contributed by atoms with Crippen LogP contribution in [0.2, 0.25) is 5.02 Å². The lowest BCUT2D eigenvalue weighted by Crippen LogP contribution is -2.38. The highest BCUT2D eigenvalue weighted by Crippen LogP contribution is 2.24. The summed E-state index contributed by atoms with van der Waals surface area (Å²) in [6.07, 6.45) is 3.40. The molecule has 1 aromatic carbocycles. The lowest BCUT2D eigenvalue weighted by atomic mass is 10.1. The fourth-order valence-corrected chi connectivity index (χ4v) is 2.79. The van der Waals surface area contributed by atoms with Gasteiger partial charge < -0.3 is 10.2 Å². The fraction of sp³-hybridized carbons (Fsp3) is 0.417. The van der Waals surface area contributed by atoms with Crippen molar-refractivity contribution in [2.45, 2.75) is 19.3 Å². The molecule has 1 heterocycles. The summed E-state index contributed by atoms with van der Waals surface area (Å²) in [5, 5.41) is 3.44. The number of hydrogen-bond acceptors (Lipinski definition) is 1. The standard InChI is InChI=1S/C12H14ClIN2O/c13-10-8-9(14)4-5-11(10)15-12(17)16-6-2-1-3-7-16/h4-5,8H,1-3,6-7H2,(H,15,17). The van der Waals surface area contributed by atoms with Gasteiger partial charge in [0.05, 0.1) is 10.7 Å². The van der Waals surface area contributed by atoms with Crippen molar-refractivity contribution < 1.29 is 4.79 Å². The molecule has 92 valence electrons. The molecule has 1 aliphatic rings. The van der Waals surface area contributed by atoms with Crippen LogP contribution >= 0.6 is 34.2 Å². The van der Waals surface area contributed by atoms with Gasteiger partial charge in [-0.25, -0.2) is 4.79 Å². The van der Waals surface area contributed by atoms with E-state index in [1.807, 2.05) is 23.1 Å². The van der Waals surface area contributed by atoms with Crippen LogP contribution in [0.5, 0.6) is 0 Å². The zero-order chi connectivity index (χ0) is 12.3. The van der Waals surface area contributed by atoms with E-state index in [2.05, 4.69) is 27.9 Å². The molecule has 0 unspecified atom stereocenters. The molecule has 0 aromatic heterocycles. The third kappa shape index (κ3) is 3.48. The Morgan fingerprint density at radius 2 is 2.00 bits per heavy atom. The van der Waals surface area contributed by atoms with Gasteiger partial charge in [0.25, 0.3) is 0 Å². The summed E-state index contributed by atoms with van der Waals surface area (Å²) in [6.45, 7) is 1.68.